The van der Waals surface area contributed by atoms with E-state index in [-0.39, 0.29) is 5.91 Å². The Kier molecular flexibility index (Phi) is 4.99. The van der Waals surface area contributed by atoms with Gasteiger partial charge in [-0.05, 0) is 24.0 Å². The number of carbonyl (C=O) groups excluding carboxylic acids is 1. The lowest BCUT2D eigenvalue weighted by molar-refractivity contribution is -0.130. The third-order valence-corrected chi connectivity index (χ3v) is 4.64. The molecule has 1 saturated heterocycles. The molecule has 104 valence electrons. The number of hydrogen-bond acceptors (Lipinski definition) is 2. The summed E-state index contributed by atoms with van der Waals surface area (Å²) in [6, 6.07) is 8.78. The molecule has 0 unspecified atom stereocenters. The molecule has 19 heavy (non-hydrogen) atoms. The molecule has 2 atom stereocenters. The van der Waals surface area contributed by atoms with Gasteiger partial charge in [0.1, 0.15) is 0 Å². The predicted octanol–water partition coefficient (Wildman–Crippen LogP) is 2.80. The quantitative estimate of drug-likeness (QED) is 0.927. The highest BCUT2D eigenvalue weighted by molar-refractivity contribution is 9.10. The highest BCUT2D eigenvalue weighted by Crippen LogP contribution is 2.19. The molecule has 1 aliphatic rings. The molecule has 1 N–H and O–H groups in total. The van der Waals surface area contributed by atoms with Crippen LogP contribution < -0.4 is 5.32 Å². The topological polar surface area (TPSA) is 32.3 Å². The van der Waals surface area contributed by atoms with Gasteiger partial charge in [-0.15, -0.1) is 0 Å². The molecular formula is C15H21BrN2O. The van der Waals surface area contributed by atoms with E-state index in [2.05, 4.69) is 46.4 Å². The molecule has 0 aromatic heterocycles. The maximum absolute atomic E-state index is 11.4. The highest BCUT2D eigenvalue weighted by Gasteiger charge is 2.26. The van der Waals surface area contributed by atoms with E-state index < -0.39 is 0 Å². The van der Waals surface area contributed by atoms with Crippen LogP contribution in [0.25, 0.3) is 0 Å². The van der Waals surface area contributed by atoms with Crippen LogP contribution in [0.4, 0.5) is 0 Å². The molecule has 3 nitrogen and oxygen atoms in total. The molecule has 0 saturated carbocycles. The largest absolute Gasteiger partial charge is 0.343 e. The summed E-state index contributed by atoms with van der Waals surface area (Å²) >= 11 is 3.57. The van der Waals surface area contributed by atoms with E-state index in [0.717, 1.165) is 30.5 Å². The molecule has 0 radical (unpaired) electrons. The van der Waals surface area contributed by atoms with Gasteiger partial charge >= 0.3 is 0 Å². The second-order valence-corrected chi connectivity index (χ2v) is 6.16. The summed E-state index contributed by atoms with van der Waals surface area (Å²) < 4.78 is 1.15. The van der Waals surface area contributed by atoms with E-state index in [9.17, 15) is 4.79 Å². The van der Waals surface area contributed by atoms with E-state index >= 15 is 0 Å². The number of nitrogens with zero attached hydrogens (tertiary/aromatic N) is 1. The summed E-state index contributed by atoms with van der Waals surface area (Å²) in [4.78, 5) is 13.3. The van der Waals surface area contributed by atoms with Gasteiger partial charge < -0.3 is 10.2 Å². The first-order chi connectivity index (χ1) is 9.08. The monoisotopic (exact) mass is 324 g/mol. The van der Waals surface area contributed by atoms with Gasteiger partial charge in [-0.25, -0.2) is 0 Å². The zero-order valence-corrected chi connectivity index (χ0v) is 13.1. The van der Waals surface area contributed by atoms with Gasteiger partial charge in [0.05, 0.1) is 0 Å². The standard InChI is InChI=1S/C15H21BrN2O/c1-11-10-18(12(2)19)8-7-15(11)17-9-13-5-3-4-6-14(13)16/h3-6,11,15,17H,7-10H2,1-2H3/t11-,15+/m1/s1. The molecule has 1 heterocycles. The molecule has 1 aliphatic heterocycles. The molecule has 0 spiro atoms. The number of halogens is 1. The lowest BCUT2D eigenvalue weighted by Crippen LogP contribution is -2.49. The molecule has 4 heteroatoms. The van der Waals surface area contributed by atoms with Crippen molar-refractivity contribution in [2.45, 2.75) is 32.9 Å². The average molecular weight is 325 g/mol. The molecular weight excluding hydrogens is 304 g/mol. The van der Waals surface area contributed by atoms with Crippen molar-refractivity contribution in [3.63, 3.8) is 0 Å². The zero-order chi connectivity index (χ0) is 13.8. The van der Waals surface area contributed by atoms with Crippen LogP contribution in [-0.4, -0.2) is 29.9 Å². The minimum absolute atomic E-state index is 0.191. The van der Waals surface area contributed by atoms with Crippen molar-refractivity contribution in [2.24, 2.45) is 5.92 Å². The van der Waals surface area contributed by atoms with Crippen LogP contribution in [-0.2, 0) is 11.3 Å². The Labute approximate surface area is 123 Å². The van der Waals surface area contributed by atoms with Crippen molar-refractivity contribution < 1.29 is 4.79 Å². The predicted molar refractivity (Wildman–Crippen MR) is 80.8 cm³/mol. The Morgan fingerprint density at radius 3 is 2.84 bits per heavy atom. The normalized spacial score (nSPS) is 23.4. The highest BCUT2D eigenvalue weighted by atomic mass is 79.9. The Morgan fingerprint density at radius 2 is 2.21 bits per heavy atom. The summed E-state index contributed by atoms with van der Waals surface area (Å²) in [5, 5.41) is 3.62. The van der Waals surface area contributed by atoms with Crippen LogP contribution in [0, 0.1) is 5.92 Å². The fourth-order valence-corrected chi connectivity index (χ4v) is 3.04. The smallest absolute Gasteiger partial charge is 0.219 e. The Hall–Kier alpha value is -0.870. The number of likely N-dealkylation sites (tertiary alicyclic amines) is 1. The maximum atomic E-state index is 11.4. The first-order valence-electron chi connectivity index (χ1n) is 6.80. The van der Waals surface area contributed by atoms with Gasteiger partial charge in [-0.3, -0.25) is 4.79 Å². The van der Waals surface area contributed by atoms with Crippen molar-refractivity contribution in [3.05, 3.63) is 34.3 Å². The van der Waals surface area contributed by atoms with E-state index in [1.807, 2.05) is 11.0 Å². The summed E-state index contributed by atoms with van der Waals surface area (Å²) in [5.74, 6) is 0.691. The Bertz CT molecular complexity index is 450. The third-order valence-electron chi connectivity index (χ3n) is 3.86. The summed E-state index contributed by atoms with van der Waals surface area (Å²) in [6.45, 7) is 6.47. The SMILES string of the molecule is CC(=O)N1CC[C@H](NCc2ccccc2Br)[C@H](C)C1. The Balaban J connectivity index is 1.88. The van der Waals surface area contributed by atoms with Crippen LogP contribution in [0.2, 0.25) is 0 Å². The average Bonchev–Trinajstić information content (AvgIpc) is 2.39. The molecule has 2 rings (SSSR count). The summed E-state index contributed by atoms with van der Waals surface area (Å²) in [5.41, 5.74) is 1.28. The molecule has 0 aliphatic carbocycles. The van der Waals surface area contributed by atoms with Gasteiger partial charge in [0, 0.05) is 37.1 Å². The molecule has 1 aromatic carbocycles. The maximum Gasteiger partial charge on any atom is 0.219 e. The van der Waals surface area contributed by atoms with Crippen LogP contribution in [0.5, 0.6) is 0 Å². The van der Waals surface area contributed by atoms with Crippen molar-refractivity contribution in [3.8, 4) is 0 Å². The van der Waals surface area contributed by atoms with Crippen LogP contribution in [0.15, 0.2) is 28.7 Å². The third kappa shape index (κ3) is 3.80. The van der Waals surface area contributed by atoms with Crippen molar-refractivity contribution in [2.75, 3.05) is 13.1 Å². The van der Waals surface area contributed by atoms with E-state index in [0.29, 0.717) is 12.0 Å². The van der Waals surface area contributed by atoms with Crippen LogP contribution >= 0.6 is 15.9 Å². The number of rotatable bonds is 3. The van der Waals surface area contributed by atoms with Gasteiger partial charge in [0.25, 0.3) is 0 Å². The van der Waals surface area contributed by atoms with Gasteiger partial charge in [0.15, 0.2) is 0 Å². The van der Waals surface area contributed by atoms with E-state index in [1.165, 1.54) is 5.56 Å². The minimum atomic E-state index is 0.191. The summed E-state index contributed by atoms with van der Waals surface area (Å²) in [6.07, 6.45) is 1.03. The van der Waals surface area contributed by atoms with E-state index in [1.54, 1.807) is 6.92 Å². The number of nitrogens with one attached hydrogen (secondary N) is 1. The zero-order valence-electron chi connectivity index (χ0n) is 11.5. The number of amides is 1. The second-order valence-electron chi connectivity index (χ2n) is 5.31. The van der Waals surface area contributed by atoms with Gasteiger partial charge in [0.2, 0.25) is 5.91 Å². The van der Waals surface area contributed by atoms with Crippen LogP contribution in [0.3, 0.4) is 0 Å². The fraction of sp³-hybridized carbons (Fsp3) is 0.533. The number of hydrogen-bond donors (Lipinski definition) is 1. The lowest BCUT2D eigenvalue weighted by Gasteiger charge is -2.37. The molecule has 1 aromatic rings. The van der Waals surface area contributed by atoms with Crippen molar-refractivity contribution >= 4 is 21.8 Å². The van der Waals surface area contributed by atoms with Crippen molar-refractivity contribution in [1.29, 1.82) is 0 Å². The minimum Gasteiger partial charge on any atom is -0.343 e. The van der Waals surface area contributed by atoms with E-state index in [4.69, 9.17) is 0 Å². The number of piperidine rings is 1. The number of carbonyl (C=O) groups is 1. The lowest BCUT2D eigenvalue weighted by atomic mass is 9.93. The Morgan fingerprint density at radius 1 is 1.47 bits per heavy atom. The first kappa shape index (κ1) is 14.5. The van der Waals surface area contributed by atoms with Crippen molar-refractivity contribution in [1.82, 2.24) is 10.2 Å². The first-order valence-corrected chi connectivity index (χ1v) is 7.59. The van der Waals surface area contributed by atoms with Gasteiger partial charge in [-0.2, -0.15) is 0 Å². The summed E-state index contributed by atoms with van der Waals surface area (Å²) in [7, 11) is 0. The fourth-order valence-electron chi connectivity index (χ4n) is 2.62. The second kappa shape index (κ2) is 6.53. The molecule has 1 amide bonds. The van der Waals surface area contributed by atoms with Crippen LogP contribution in [0.1, 0.15) is 25.8 Å². The van der Waals surface area contributed by atoms with Gasteiger partial charge in [-0.1, -0.05) is 41.1 Å². The molecule has 0 bridgehead atoms. The molecule has 1 fully saturated rings. The number of benzene rings is 1.